The van der Waals surface area contributed by atoms with Crippen LogP contribution < -0.4 is 4.74 Å². The maximum Gasteiger partial charge on any atom is 0.434 e. The average Bonchev–Trinajstić information content (AvgIpc) is 3.43. The highest BCUT2D eigenvalue weighted by Crippen LogP contribution is 2.38. The van der Waals surface area contributed by atoms with Gasteiger partial charge in [-0.3, -0.25) is 4.90 Å². The number of hydrogen-bond acceptors (Lipinski definition) is 5. The van der Waals surface area contributed by atoms with Crippen LogP contribution in [0.5, 0.6) is 5.75 Å². The molecule has 14 heteroatoms. The molecule has 7 nitrogen and oxygen atoms in total. The number of rotatable bonds is 8. The van der Waals surface area contributed by atoms with E-state index in [1.54, 1.807) is 18.2 Å². The number of carbonyl (C=O) groups is 1. The molecule has 1 N–H and O–H groups in total. The van der Waals surface area contributed by atoms with Crippen LogP contribution in [0.25, 0.3) is 17.1 Å². The summed E-state index contributed by atoms with van der Waals surface area (Å²) >= 11 is 6.44. The van der Waals surface area contributed by atoms with Gasteiger partial charge in [-0.2, -0.15) is 31.4 Å². The third kappa shape index (κ3) is 7.16. The largest absolute Gasteiger partial charge is 0.487 e. The van der Waals surface area contributed by atoms with Crippen molar-refractivity contribution in [1.82, 2.24) is 19.7 Å². The second-order valence-electron chi connectivity index (χ2n) is 10.3. The fourth-order valence-electron chi connectivity index (χ4n) is 5.27. The van der Waals surface area contributed by atoms with Gasteiger partial charge >= 0.3 is 18.3 Å². The van der Waals surface area contributed by atoms with Crippen molar-refractivity contribution in [3.8, 4) is 22.8 Å². The van der Waals surface area contributed by atoms with Crippen molar-refractivity contribution < 1.29 is 41.0 Å². The zero-order valence-corrected chi connectivity index (χ0v) is 23.6. The molecule has 1 aliphatic heterocycles. The summed E-state index contributed by atoms with van der Waals surface area (Å²) in [7, 11) is 0. The number of likely N-dealkylation sites (tertiary alicyclic amines) is 1. The lowest BCUT2D eigenvalue weighted by Gasteiger charge is -2.33. The molecule has 0 saturated carbocycles. The first-order valence-corrected chi connectivity index (χ1v) is 13.8. The number of halogens is 7. The highest BCUT2D eigenvalue weighted by molar-refractivity contribution is 6.32. The fourth-order valence-corrected chi connectivity index (χ4v) is 5.50. The minimum Gasteiger partial charge on any atom is -0.487 e. The number of pyridine rings is 1. The van der Waals surface area contributed by atoms with E-state index < -0.39 is 36.1 Å². The molecule has 5 rings (SSSR count). The minimum absolute atomic E-state index is 0.0196. The van der Waals surface area contributed by atoms with E-state index >= 15 is 0 Å². The number of carboxylic acids is 1. The highest BCUT2D eigenvalue weighted by Gasteiger charge is 2.41. The van der Waals surface area contributed by atoms with Gasteiger partial charge in [0.25, 0.3) is 0 Å². The minimum atomic E-state index is -5.01. The van der Waals surface area contributed by atoms with Crippen molar-refractivity contribution in [3.63, 3.8) is 0 Å². The maximum atomic E-state index is 13.8. The van der Waals surface area contributed by atoms with Gasteiger partial charge in [0.1, 0.15) is 17.9 Å². The molecule has 4 aromatic rings. The molecule has 44 heavy (non-hydrogen) atoms. The van der Waals surface area contributed by atoms with Gasteiger partial charge in [-0.25, -0.2) is 14.5 Å². The van der Waals surface area contributed by atoms with Gasteiger partial charge in [-0.1, -0.05) is 48.0 Å². The lowest BCUT2D eigenvalue weighted by atomic mass is 9.90. The normalized spacial score (nSPS) is 16.2. The van der Waals surface area contributed by atoms with Crippen LogP contribution in [0.4, 0.5) is 26.3 Å². The van der Waals surface area contributed by atoms with Gasteiger partial charge in [-0.05, 0) is 60.7 Å². The van der Waals surface area contributed by atoms with Crippen molar-refractivity contribution in [2.45, 2.75) is 37.7 Å². The number of nitrogens with zero attached hydrogens (tertiary/aromatic N) is 4. The molecule has 0 unspecified atom stereocenters. The third-order valence-corrected chi connectivity index (χ3v) is 7.50. The number of alkyl halides is 6. The first-order valence-electron chi connectivity index (χ1n) is 13.5. The number of piperidine rings is 1. The van der Waals surface area contributed by atoms with Gasteiger partial charge in [-0.15, -0.1) is 0 Å². The Bertz CT molecular complexity index is 1640. The van der Waals surface area contributed by atoms with Crippen LogP contribution in [-0.2, 0) is 12.8 Å². The molecule has 1 saturated heterocycles. The summed E-state index contributed by atoms with van der Waals surface area (Å²) < 4.78 is 86.3. The van der Waals surface area contributed by atoms with Gasteiger partial charge in [0.2, 0.25) is 0 Å². The SMILES string of the molecule is O=C(O)c1cnn(-c2cccc(-c3cccc(Cl)c3OCc3ccc([C@@H]4CCCN(CC(F)(F)F)C4)cc3)n2)c1C(F)(F)F. The van der Waals surface area contributed by atoms with Crippen LogP contribution in [0.15, 0.2) is 66.9 Å². The molecular formula is C30H25ClF6N4O3. The Morgan fingerprint density at radius 1 is 1.02 bits per heavy atom. The van der Waals surface area contributed by atoms with Crippen LogP contribution in [-0.4, -0.2) is 56.6 Å². The lowest BCUT2D eigenvalue weighted by Crippen LogP contribution is -2.40. The number of para-hydroxylation sites is 1. The Labute approximate surface area is 252 Å². The third-order valence-electron chi connectivity index (χ3n) is 7.21. The van der Waals surface area contributed by atoms with Crippen molar-refractivity contribution in [2.24, 2.45) is 0 Å². The van der Waals surface area contributed by atoms with Gasteiger partial charge < -0.3 is 9.84 Å². The van der Waals surface area contributed by atoms with Crippen molar-refractivity contribution >= 4 is 17.6 Å². The van der Waals surface area contributed by atoms with E-state index in [9.17, 15) is 36.2 Å². The number of ether oxygens (including phenoxy) is 1. The highest BCUT2D eigenvalue weighted by atomic mass is 35.5. The van der Waals surface area contributed by atoms with E-state index in [0.717, 1.165) is 17.5 Å². The molecule has 0 amide bonds. The topological polar surface area (TPSA) is 80.5 Å². The molecule has 0 bridgehead atoms. The summed E-state index contributed by atoms with van der Waals surface area (Å²) in [4.78, 5) is 17.1. The molecule has 1 aliphatic rings. The second kappa shape index (κ2) is 12.5. The number of benzene rings is 2. The van der Waals surface area contributed by atoms with Crippen LogP contribution in [0, 0.1) is 0 Å². The van der Waals surface area contributed by atoms with Gasteiger partial charge in [0.15, 0.2) is 11.5 Å². The molecule has 2 aromatic carbocycles. The molecule has 3 heterocycles. The van der Waals surface area contributed by atoms with Gasteiger partial charge in [0.05, 0.1) is 23.5 Å². The predicted octanol–water partition coefficient (Wildman–Crippen LogP) is 7.63. The zero-order valence-electron chi connectivity index (χ0n) is 22.9. The molecule has 0 spiro atoms. The first kappa shape index (κ1) is 31.3. The monoisotopic (exact) mass is 638 g/mol. The summed E-state index contributed by atoms with van der Waals surface area (Å²) in [6.07, 6.45) is -7.17. The van der Waals surface area contributed by atoms with Crippen molar-refractivity contribution in [3.05, 3.63) is 94.3 Å². The van der Waals surface area contributed by atoms with Crippen LogP contribution in [0.3, 0.4) is 0 Å². The van der Waals surface area contributed by atoms with E-state index in [1.807, 2.05) is 24.3 Å². The molecular weight excluding hydrogens is 614 g/mol. The fraction of sp³-hybridized carbons (Fsp3) is 0.300. The van der Waals surface area contributed by atoms with Crippen molar-refractivity contribution in [1.29, 1.82) is 0 Å². The second-order valence-corrected chi connectivity index (χ2v) is 10.7. The number of hydrogen-bond donors (Lipinski definition) is 1. The van der Waals surface area contributed by atoms with Crippen molar-refractivity contribution in [2.75, 3.05) is 19.6 Å². The van der Waals surface area contributed by atoms with Crippen LogP contribution in [0.1, 0.15) is 45.9 Å². The predicted molar refractivity (Wildman–Crippen MR) is 149 cm³/mol. The van der Waals surface area contributed by atoms with Crippen LogP contribution in [0.2, 0.25) is 5.02 Å². The standard InChI is InChI=1S/C30H25ClF6N4O3/c31-23-6-1-5-21(24-7-2-8-25(39-24)41-27(30(35,36)37)22(14-38-41)28(42)43)26(23)44-16-18-9-11-19(12-10-18)20-4-3-13-40(15-20)17-29(32,33)34/h1-2,5-12,14,20H,3-4,13,15-17H2,(H,42,43)/t20-/m1/s1. The van der Waals surface area contributed by atoms with E-state index in [0.29, 0.717) is 36.0 Å². The Balaban J connectivity index is 1.35. The maximum absolute atomic E-state index is 13.8. The molecule has 1 atom stereocenters. The lowest BCUT2D eigenvalue weighted by molar-refractivity contribution is -0.148. The molecule has 232 valence electrons. The Hall–Kier alpha value is -4.10. The Kier molecular flexibility index (Phi) is 8.89. The number of aromatic carboxylic acids is 1. The van der Waals surface area contributed by atoms with E-state index in [2.05, 4.69) is 10.1 Å². The van der Waals surface area contributed by atoms with Crippen LogP contribution >= 0.6 is 11.6 Å². The molecule has 0 aliphatic carbocycles. The van der Waals surface area contributed by atoms with E-state index in [-0.39, 0.29) is 34.8 Å². The first-order chi connectivity index (χ1) is 20.8. The smallest absolute Gasteiger partial charge is 0.434 e. The zero-order chi connectivity index (χ0) is 31.6. The summed E-state index contributed by atoms with van der Waals surface area (Å²) in [6.45, 7) is -0.122. The Morgan fingerprint density at radius 2 is 1.75 bits per heavy atom. The quantitative estimate of drug-likeness (QED) is 0.200. The Morgan fingerprint density at radius 3 is 2.43 bits per heavy atom. The van der Waals surface area contributed by atoms with Gasteiger partial charge in [0, 0.05) is 12.1 Å². The molecule has 2 aromatic heterocycles. The molecule has 1 fully saturated rings. The summed E-state index contributed by atoms with van der Waals surface area (Å²) in [5.74, 6) is -1.84. The van der Waals surface area contributed by atoms with E-state index in [1.165, 1.54) is 23.1 Å². The average molecular weight is 639 g/mol. The summed E-state index contributed by atoms with van der Waals surface area (Å²) in [5.41, 5.74) is -0.204. The number of aromatic nitrogens is 3. The van der Waals surface area contributed by atoms with E-state index in [4.69, 9.17) is 16.3 Å². The number of carboxylic acid groups (broad SMARTS) is 1. The molecule has 0 radical (unpaired) electrons. The summed E-state index contributed by atoms with van der Waals surface area (Å²) in [6, 6.07) is 16.5. The summed E-state index contributed by atoms with van der Waals surface area (Å²) in [5, 5.41) is 13.1.